The summed E-state index contributed by atoms with van der Waals surface area (Å²) in [5.74, 6) is 0.362. The number of nitrogens with zero attached hydrogens (tertiary/aromatic N) is 2. The van der Waals surface area contributed by atoms with E-state index in [-0.39, 0.29) is 11.6 Å². The fourth-order valence-corrected chi connectivity index (χ4v) is 4.45. The molecule has 1 N–H and O–H groups in total. The molecule has 1 fully saturated rings. The number of carbonyl (C=O) groups excluding carboxylic acids is 1. The second-order valence-electron chi connectivity index (χ2n) is 5.23. The highest BCUT2D eigenvalue weighted by molar-refractivity contribution is 8.01. The number of rotatable bonds is 5. The van der Waals surface area contributed by atoms with Gasteiger partial charge in [-0.3, -0.25) is 14.9 Å². The van der Waals surface area contributed by atoms with Crippen LogP contribution >= 0.6 is 23.1 Å². The number of nitro benzene ring substituents is 1. The van der Waals surface area contributed by atoms with Gasteiger partial charge in [0.2, 0.25) is 5.91 Å². The van der Waals surface area contributed by atoms with Gasteiger partial charge in [0.15, 0.2) is 4.34 Å². The standard InChI is InChI=1S/C14H15N3O3S2/c18-13(15-9-3-1-2-4-9)8-21-14-16-11-6-5-10(17(19)20)7-12(11)22-14/h5-7,9H,1-4,8H2,(H,15,18). The van der Waals surface area contributed by atoms with E-state index < -0.39 is 4.92 Å². The molecule has 116 valence electrons. The molecule has 1 aromatic heterocycles. The Hall–Kier alpha value is -1.67. The first-order chi connectivity index (χ1) is 10.6. The lowest BCUT2D eigenvalue weighted by atomic mass is 10.2. The van der Waals surface area contributed by atoms with Gasteiger partial charge < -0.3 is 5.32 Å². The van der Waals surface area contributed by atoms with Gasteiger partial charge >= 0.3 is 0 Å². The van der Waals surface area contributed by atoms with Gasteiger partial charge in [-0.1, -0.05) is 24.6 Å². The van der Waals surface area contributed by atoms with Crippen molar-refractivity contribution in [2.75, 3.05) is 5.75 Å². The first kappa shape index (κ1) is 15.2. The van der Waals surface area contributed by atoms with Crippen LogP contribution in [0.25, 0.3) is 10.2 Å². The van der Waals surface area contributed by atoms with Gasteiger partial charge in [0.1, 0.15) is 0 Å². The van der Waals surface area contributed by atoms with Crippen LogP contribution in [0.2, 0.25) is 0 Å². The number of non-ortho nitro benzene ring substituents is 1. The Kier molecular flexibility index (Phi) is 4.58. The summed E-state index contributed by atoms with van der Waals surface area (Å²) in [6, 6.07) is 4.94. The van der Waals surface area contributed by atoms with Gasteiger partial charge in [0, 0.05) is 18.2 Å². The minimum atomic E-state index is -0.416. The van der Waals surface area contributed by atoms with Crippen molar-refractivity contribution >= 4 is 44.9 Å². The Balaban J connectivity index is 1.61. The second-order valence-corrected chi connectivity index (χ2v) is 7.48. The zero-order valence-corrected chi connectivity index (χ0v) is 13.4. The lowest BCUT2D eigenvalue weighted by Gasteiger charge is -2.10. The second kappa shape index (κ2) is 6.62. The number of hydrogen-bond acceptors (Lipinski definition) is 6. The highest BCUT2D eigenvalue weighted by Gasteiger charge is 2.17. The van der Waals surface area contributed by atoms with E-state index in [9.17, 15) is 14.9 Å². The van der Waals surface area contributed by atoms with Gasteiger partial charge in [-0.05, 0) is 18.9 Å². The van der Waals surface area contributed by atoms with Gasteiger partial charge in [-0.15, -0.1) is 11.3 Å². The van der Waals surface area contributed by atoms with Crippen molar-refractivity contribution in [1.29, 1.82) is 0 Å². The molecular weight excluding hydrogens is 322 g/mol. The molecule has 0 aliphatic heterocycles. The molecule has 0 unspecified atom stereocenters. The summed E-state index contributed by atoms with van der Waals surface area (Å²) in [4.78, 5) is 26.6. The Morgan fingerprint density at radius 3 is 2.95 bits per heavy atom. The number of amides is 1. The van der Waals surface area contributed by atoms with E-state index in [1.807, 2.05) is 0 Å². The summed E-state index contributed by atoms with van der Waals surface area (Å²) in [7, 11) is 0. The molecule has 1 amide bonds. The van der Waals surface area contributed by atoms with Gasteiger partial charge in [-0.25, -0.2) is 4.98 Å². The fraction of sp³-hybridized carbons (Fsp3) is 0.429. The lowest BCUT2D eigenvalue weighted by Crippen LogP contribution is -2.33. The SMILES string of the molecule is O=C(CSc1nc2ccc([N+](=O)[O-])cc2s1)NC1CCCC1. The Morgan fingerprint density at radius 2 is 2.23 bits per heavy atom. The van der Waals surface area contributed by atoms with Crippen LogP contribution in [0, 0.1) is 10.1 Å². The average molecular weight is 337 g/mol. The molecule has 8 heteroatoms. The maximum atomic E-state index is 11.9. The summed E-state index contributed by atoms with van der Waals surface area (Å²) in [6.07, 6.45) is 4.52. The molecule has 0 atom stereocenters. The van der Waals surface area contributed by atoms with Crippen molar-refractivity contribution in [3.63, 3.8) is 0 Å². The number of carbonyl (C=O) groups is 1. The van der Waals surface area contributed by atoms with Crippen LogP contribution in [-0.4, -0.2) is 27.6 Å². The van der Waals surface area contributed by atoms with Crippen LogP contribution in [0.1, 0.15) is 25.7 Å². The first-order valence-corrected chi connectivity index (χ1v) is 8.89. The van der Waals surface area contributed by atoms with E-state index in [0.29, 0.717) is 11.8 Å². The van der Waals surface area contributed by atoms with Crippen molar-refractivity contribution in [3.8, 4) is 0 Å². The zero-order chi connectivity index (χ0) is 15.5. The van der Waals surface area contributed by atoms with Crippen LogP contribution in [0.4, 0.5) is 5.69 Å². The van der Waals surface area contributed by atoms with Crippen LogP contribution in [-0.2, 0) is 4.79 Å². The molecule has 2 aromatic rings. The fourth-order valence-electron chi connectivity index (χ4n) is 2.53. The molecule has 0 spiro atoms. The molecule has 22 heavy (non-hydrogen) atoms. The van der Waals surface area contributed by atoms with E-state index in [4.69, 9.17) is 0 Å². The van der Waals surface area contributed by atoms with E-state index >= 15 is 0 Å². The number of benzene rings is 1. The zero-order valence-electron chi connectivity index (χ0n) is 11.8. The number of nitro groups is 1. The van der Waals surface area contributed by atoms with Crippen molar-refractivity contribution in [2.45, 2.75) is 36.1 Å². The quantitative estimate of drug-likeness (QED) is 0.514. The summed E-state index contributed by atoms with van der Waals surface area (Å²) < 4.78 is 1.53. The molecule has 1 heterocycles. The highest BCUT2D eigenvalue weighted by Crippen LogP contribution is 2.31. The minimum absolute atomic E-state index is 0.0298. The summed E-state index contributed by atoms with van der Waals surface area (Å²) >= 11 is 2.76. The molecule has 1 aliphatic carbocycles. The van der Waals surface area contributed by atoms with Crippen LogP contribution in [0.5, 0.6) is 0 Å². The number of aromatic nitrogens is 1. The number of thioether (sulfide) groups is 1. The average Bonchev–Trinajstić information content (AvgIpc) is 3.12. The third-order valence-electron chi connectivity index (χ3n) is 3.61. The summed E-state index contributed by atoms with van der Waals surface area (Å²) in [5.41, 5.74) is 0.793. The Labute approximate surface area is 135 Å². The molecule has 6 nitrogen and oxygen atoms in total. The molecule has 0 radical (unpaired) electrons. The molecule has 0 saturated heterocycles. The van der Waals surface area contributed by atoms with Gasteiger partial charge in [0.25, 0.3) is 5.69 Å². The molecule has 3 rings (SSSR count). The van der Waals surface area contributed by atoms with Crippen LogP contribution in [0.3, 0.4) is 0 Å². The topological polar surface area (TPSA) is 85.1 Å². The normalized spacial score (nSPS) is 15.3. The molecule has 0 bridgehead atoms. The Morgan fingerprint density at radius 1 is 1.45 bits per heavy atom. The van der Waals surface area contributed by atoms with Crippen molar-refractivity contribution in [1.82, 2.24) is 10.3 Å². The van der Waals surface area contributed by atoms with E-state index in [1.54, 1.807) is 6.07 Å². The predicted octanol–water partition coefficient (Wildman–Crippen LogP) is 3.36. The smallest absolute Gasteiger partial charge is 0.270 e. The highest BCUT2D eigenvalue weighted by atomic mass is 32.2. The largest absolute Gasteiger partial charge is 0.353 e. The van der Waals surface area contributed by atoms with Crippen LogP contribution < -0.4 is 5.32 Å². The predicted molar refractivity (Wildman–Crippen MR) is 87.4 cm³/mol. The number of thiazole rings is 1. The molecule has 1 aromatic carbocycles. The van der Waals surface area contributed by atoms with Gasteiger partial charge in [0.05, 0.1) is 20.9 Å². The van der Waals surface area contributed by atoms with Crippen molar-refractivity contribution in [2.24, 2.45) is 0 Å². The summed E-state index contributed by atoms with van der Waals surface area (Å²) in [5, 5.41) is 13.8. The van der Waals surface area contributed by atoms with E-state index in [1.165, 1.54) is 48.1 Å². The van der Waals surface area contributed by atoms with Crippen molar-refractivity contribution in [3.05, 3.63) is 28.3 Å². The lowest BCUT2D eigenvalue weighted by molar-refractivity contribution is -0.384. The summed E-state index contributed by atoms with van der Waals surface area (Å²) in [6.45, 7) is 0. The third-order valence-corrected chi connectivity index (χ3v) is 5.77. The molecule has 1 aliphatic rings. The molecule has 1 saturated carbocycles. The first-order valence-electron chi connectivity index (χ1n) is 7.09. The van der Waals surface area contributed by atoms with Gasteiger partial charge in [-0.2, -0.15) is 0 Å². The molecular formula is C14H15N3O3S2. The van der Waals surface area contributed by atoms with Crippen LogP contribution in [0.15, 0.2) is 22.5 Å². The maximum absolute atomic E-state index is 11.9. The number of fused-ring (bicyclic) bond motifs is 1. The number of hydrogen-bond donors (Lipinski definition) is 1. The minimum Gasteiger partial charge on any atom is -0.353 e. The monoisotopic (exact) mass is 337 g/mol. The Bertz CT molecular complexity index is 710. The third kappa shape index (κ3) is 3.56. The maximum Gasteiger partial charge on any atom is 0.270 e. The number of nitrogens with one attached hydrogen (secondary N) is 1. The van der Waals surface area contributed by atoms with E-state index in [0.717, 1.165) is 27.4 Å². The van der Waals surface area contributed by atoms with Crippen molar-refractivity contribution < 1.29 is 9.72 Å². The van der Waals surface area contributed by atoms with E-state index in [2.05, 4.69) is 10.3 Å².